The molecule has 14 heavy (non-hydrogen) atoms. The molecule has 74 valence electrons. The number of ether oxygens (including phenoxy) is 1. The first-order valence-corrected chi connectivity index (χ1v) is 3.60. The van der Waals surface area contributed by atoms with Crippen LogP contribution >= 0.6 is 0 Å². The molecule has 1 aromatic heterocycles. The van der Waals surface area contributed by atoms with Gasteiger partial charge in [0.05, 0.1) is 12.5 Å². The Morgan fingerprint density at radius 3 is 2.86 bits per heavy atom. The van der Waals surface area contributed by atoms with E-state index in [4.69, 9.17) is 5.26 Å². The van der Waals surface area contributed by atoms with Crippen LogP contribution in [-0.2, 0) is 6.42 Å². The minimum atomic E-state index is -3.13. The maximum Gasteiger partial charge on any atom is 0.388 e. The summed E-state index contributed by atoms with van der Waals surface area (Å²) < 4.78 is 40.4. The topological polar surface area (TPSA) is 45.9 Å². The summed E-state index contributed by atoms with van der Waals surface area (Å²) in [5.74, 6) is -1.80. The Morgan fingerprint density at radius 1 is 1.57 bits per heavy atom. The predicted molar refractivity (Wildman–Crippen MR) is 40.1 cm³/mol. The fourth-order valence-corrected chi connectivity index (χ4v) is 0.850. The van der Waals surface area contributed by atoms with E-state index in [-0.39, 0.29) is 12.0 Å². The lowest BCUT2D eigenvalue weighted by molar-refractivity contribution is -0.0554. The standard InChI is InChI=1S/C8H5F3N2O/c9-6-5(1-3-12)2-4-13-7(6)14-8(10)11/h2,4,8H,1H2. The van der Waals surface area contributed by atoms with Gasteiger partial charge in [-0.3, -0.25) is 0 Å². The summed E-state index contributed by atoms with van der Waals surface area (Å²) >= 11 is 0. The molecule has 0 unspecified atom stereocenters. The zero-order chi connectivity index (χ0) is 10.6. The predicted octanol–water partition coefficient (Wildman–Crippen LogP) is 1.89. The highest BCUT2D eigenvalue weighted by Crippen LogP contribution is 2.19. The van der Waals surface area contributed by atoms with Crippen LogP contribution in [0.3, 0.4) is 0 Å². The summed E-state index contributed by atoms with van der Waals surface area (Å²) in [5.41, 5.74) is -0.0156. The molecule has 6 heteroatoms. The van der Waals surface area contributed by atoms with Crippen LogP contribution in [0.5, 0.6) is 5.88 Å². The Hall–Kier alpha value is -1.77. The molecule has 0 radical (unpaired) electrons. The van der Waals surface area contributed by atoms with Gasteiger partial charge < -0.3 is 4.74 Å². The Morgan fingerprint density at radius 2 is 2.29 bits per heavy atom. The van der Waals surface area contributed by atoms with Crippen LogP contribution in [0.1, 0.15) is 5.56 Å². The van der Waals surface area contributed by atoms with Gasteiger partial charge in [-0.05, 0) is 6.07 Å². The molecule has 0 amide bonds. The van der Waals surface area contributed by atoms with Crippen molar-refractivity contribution in [2.45, 2.75) is 13.0 Å². The molecule has 1 rings (SSSR count). The van der Waals surface area contributed by atoms with Crippen molar-refractivity contribution in [3.05, 3.63) is 23.6 Å². The van der Waals surface area contributed by atoms with Crippen molar-refractivity contribution >= 4 is 0 Å². The van der Waals surface area contributed by atoms with Crippen molar-refractivity contribution < 1.29 is 17.9 Å². The van der Waals surface area contributed by atoms with Crippen LogP contribution in [-0.4, -0.2) is 11.6 Å². The van der Waals surface area contributed by atoms with E-state index in [0.717, 1.165) is 6.20 Å². The SMILES string of the molecule is N#CCc1ccnc(OC(F)F)c1F. The smallest absolute Gasteiger partial charge is 0.388 e. The van der Waals surface area contributed by atoms with E-state index in [9.17, 15) is 13.2 Å². The van der Waals surface area contributed by atoms with Crippen LogP contribution < -0.4 is 4.74 Å². The highest BCUT2D eigenvalue weighted by Gasteiger charge is 2.14. The van der Waals surface area contributed by atoms with Gasteiger partial charge in [-0.1, -0.05) is 0 Å². The molecule has 0 saturated heterocycles. The fraction of sp³-hybridized carbons (Fsp3) is 0.250. The molecule has 0 aromatic carbocycles. The maximum absolute atomic E-state index is 13.1. The lowest BCUT2D eigenvalue weighted by Crippen LogP contribution is -2.06. The molecule has 0 aliphatic rings. The van der Waals surface area contributed by atoms with E-state index in [2.05, 4.69) is 9.72 Å². The zero-order valence-corrected chi connectivity index (χ0v) is 6.88. The second-order valence-corrected chi connectivity index (χ2v) is 2.30. The van der Waals surface area contributed by atoms with Gasteiger partial charge in [0, 0.05) is 11.8 Å². The fourth-order valence-electron chi connectivity index (χ4n) is 0.850. The Labute approximate surface area is 77.7 Å². The number of aromatic nitrogens is 1. The Bertz CT molecular complexity index is 362. The first-order chi connectivity index (χ1) is 6.65. The minimum absolute atomic E-state index is 0.0156. The minimum Gasteiger partial charge on any atom is -0.414 e. The molecule has 0 aliphatic carbocycles. The van der Waals surface area contributed by atoms with Gasteiger partial charge in [0.25, 0.3) is 5.88 Å². The van der Waals surface area contributed by atoms with E-state index in [1.807, 2.05) is 0 Å². The second-order valence-electron chi connectivity index (χ2n) is 2.30. The van der Waals surface area contributed by atoms with Gasteiger partial charge in [-0.2, -0.15) is 14.0 Å². The molecule has 0 N–H and O–H groups in total. The molecule has 0 aliphatic heterocycles. The second kappa shape index (κ2) is 4.46. The van der Waals surface area contributed by atoms with E-state index in [1.54, 1.807) is 6.07 Å². The van der Waals surface area contributed by atoms with Gasteiger partial charge in [0.2, 0.25) is 0 Å². The highest BCUT2D eigenvalue weighted by molar-refractivity contribution is 5.25. The van der Waals surface area contributed by atoms with Crippen LogP contribution in [0, 0.1) is 17.1 Å². The molecule has 1 aromatic rings. The van der Waals surface area contributed by atoms with Crippen molar-refractivity contribution in [3.63, 3.8) is 0 Å². The quantitative estimate of drug-likeness (QED) is 0.751. The van der Waals surface area contributed by atoms with Crippen LogP contribution in [0.25, 0.3) is 0 Å². The van der Waals surface area contributed by atoms with Gasteiger partial charge in [-0.25, -0.2) is 9.37 Å². The largest absolute Gasteiger partial charge is 0.414 e. The van der Waals surface area contributed by atoms with Crippen LogP contribution in [0.2, 0.25) is 0 Å². The normalized spacial score (nSPS) is 9.93. The van der Waals surface area contributed by atoms with E-state index < -0.39 is 18.3 Å². The van der Waals surface area contributed by atoms with Gasteiger partial charge >= 0.3 is 6.61 Å². The van der Waals surface area contributed by atoms with Crippen molar-refractivity contribution in [1.29, 1.82) is 5.26 Å². The first-order valence-electron chi connectivity index (χ1n) is 3.60. The third-order valence-corrected chi connectivity index (χ3v) is 1.41. The first kappa shape index (κ1) is 10.3. The molecular weight excluding hydrogens is 197 g/mol. The molecule has 0 atom stereocenters. The number of nitrogens with zero attached hydrogens (tertiary/aromatic N) is 2. The Kier molecular flexibility index (Phi) is 3.29. The number of rotatable bonds is 3. The zero-order valence-electron chi connectivity index (χ0n) is 6.88. The average Bonchev–Trinajstić information content (AvgIpc) is 2.11. The summed E-state index contributed by atoms with van der Waals surface area (Å²) in [4.78, 5) is 3.27. The number of halogens is 3. The van der Waals surface area contributed by atoms with Crippen molar-refractivity contribution in [1.82, 2.24) is 4.98 Å². The third-order valence-electron chi connectivity index (χ3n) is 1.41. The molecule has 1 heterocycles. The monoisotopic (exact) mass is 202 g/mol. The molecule has 0 fully saturated rings. The lowest BCUT2D eigenvalue weighted by atomic mass is 10.2. The van der Waals surface area contributed by atoms with E-state index >= 15 is 0 Å². The molecule has 3 nitrogen and oxygen atoms in total. The maximum atomic E-state index is 13.1. The Balaban J connectivity index is 2.96. The summed E-state index contributed by atoms with van der Waals surface area (Å²) in [6.07, 6.45) is 0.890. The van der Waals surface area contributed by atoms with Gasteiger partial charge in [0.1, 0.15) is 0 Å². The van der Waals surface area contributed by atoms with Crippen molar-refractivity contribution in [2.75, 3.05) is 0 Å². The summed E-state index contributed by atoms with van der Waals surface area (Å²) in [6, 6.07) is 2.93. The molecule has 0 bridgehead atoms. The van der Waals surface area contributed by atoms with Crippen molar-refractivity contribution in [3.8, 4) is 11.9 Å². The molecular formula is C8H5F3N2O. The highest BCUT2D eigenvalue weighted by atomic mass is 19.3. The van der Waals surface area contributed by atoms with E-state index in [0.29, 0.717) is 0 Å². The summed E-state index contributed by atoms with van der Waals surface area (Å²) in [6.45, 7) is -3.13. The number of alkyl halides is 2. The molecule has 0 saturated carbocycles. The average molecular weight is 202 g/mol. The van der Waals surface area contributed by atoms with Gasteiger partial charge in [0.15, 0.2) is 5.82 Å². The number of hydrogen-bond donors (Lipinski definition) is 0. The summed E-state index contributed by atoms with van der Waals surface area (Å²) in [5, 5.41) is 8.29. The van der Waals surface area contributed by atoms with Crippen LogP contribution in [0.15, 0.2) is 12.3 Å². The number of nitriles is 1. The van der Waals surface area contributed by atoms with Crippen LogP contribution in [0.4, 0.5) is 13.2 Å². The lowest BCUT2D eigenvalue weighted by Gasteiger charge is -2.05. The number of pyridine rings is 1. The third kappa shape index (κ3) is 2.36. The van der Waals surface area contributed by atoms with Gasteiger partial charge in [-0.15, -0.1) is 0 Å². The number of hydrogen-bond acceptors (Lipinski definition) is 3. The summed E-state index contributed by atoms with van der Waals surface area (Å²) in [7, 11) is 0. The van der Waals surface area contributed by atoms with E-state index in [1.165, 1.54) is 6.07 Å². The van der Waals surface area contributed by atoms with Crippen molar-refractivity contribution in [2.24, 2.45) is 0 Å². The molecule has 0 spiro atoms.